The summed E-state index contributed by atoms with van der Waals surface area (Å²) in [6.07, 6.45) is 39.6. The van der Waals surface area contributed by atoms with Crippen LogP contribution in [0.1, 0.15) is 267 Å². The van der Waals surface area contributed by atoms with Crippen LogP contribution < -0.4 is 0 Å². The smallest absolute Gasteiger partial charge is 0.308 e. The van der Waals surface area contributed by atoms with E-state index in [4.69, 9.17) is 9.47 Å². The molecule has 0 bridgehead atoms. The number of amides is 1. The first-order chi connectivity index (χ1) is 29.3. The van der Waals surface area contributed by atoms with Crippen LogP contribution in [0, 0.1) is 11.8 Å². The molecule has 0 rings (SSSR count). The maximum Gasteiger partial charge on any atom is 0.308 e. The first-order valence-corrected chi connectivity index (χ1v) is 26.6. The Balaban J connectivity index is 5.54. The summed E-state index contributed by atoms with van der Waals surface area (Å²) in [6, 6.07) is 0.108. The van der Waals surface area contributed by atoms with Crippen molar-refractivity contribution in [2.75, 3.05) is 39.4 Å². The molecule has 0 aromatic rings. The minimum Gasteiger partial charge on any atom is -0.464 e. The summed E-state index contributed by atoms with van der Waals surface area (Å²) >= 11 is 0. The fourth-order valence-corrected chi connectivity index (χ4v) is 8.75. The van der Waals surface area contributed by atoms with Gasteiger partial charge in [-0.25, -0.2) is 0 Å². The number of hydrogen-bond acceptors (Lipinski definition) is 6. The lowest BCUT2D eigenvalue weighted by Crippen LogP contribution is -2.42. The molecule has 0 fully saturated rings. The van der Waals surface area contributed by atoms with Crippen LogP contribution in [0.4, 0.5) is 0 Å². The Morgan fingerprint density at radius 2 is 0.700 bits per heavy atom. The number of unbranched alkanes of at least 4 members (excludes halogenated alkanes) is 24. The largest absolute Gasteiger partial charge is 0.464 e. The maximum absolute atomic E-state index is 13.9. The Morgan fingerprint density at radius 1 is 0.400 bits per heavy atom. The van der Waals surface area contributed by atoms with Crippen LogP contribution in [-0.4, -0.2) is 73.1 Å². The first-order valence-electron chi connectivity index (χ1n) is 26.6. The second-order valence-electron chi connectivity index (χ2n) is 18.4. The van der Waals surface area contributed by atoms with E-state index in [1.807, 2.05) is 0 Å². The molecular formula is C53H104N2O5. The molecule has 356 valence electrons. The Bertz CT molecular complexity index is 866. The normalized spacial score (nSPS) is 12.2. The highest BCUT2D eigenvalue weighted by atomic mass is 16.5. The van der Waals surface area contributed by atoms with Crippen molar-refractivity contribution < 1.29 is 23.9 Å². The average molecular weight is 849 g/mol. The summed E-state index contributed by atoms with van der Waals surface area (Å²) in [5, 5.41) is 0. The lowest BCUT2D eigenvalue weighted by atomic mass is 9.94. The molecule has 0 N–H and O–H groups in total. The molecular weight excluding hydrogens is 745 g/mol. The van der Waals surface area contributed by atoms with Gasteiger partial charge in [-0.05, 0) is 52.1 Å². The van der Waals surface area contributed by atoms with E-state index in [9.17, 15) is 14.4 Å². The van der Waals surface area contributed by atoms with E-state index in [0.717, 1.165) is 70.9 Å². The number of ether oxygens (including phenoxy) is 2. The van der Waals surface area contributed by atoms with E-state index >= 15 is 0 Å². The lowest BCUT2D eigenvalue weighted by Gasteiger charge is -2.30. The summed E-state index contributed by atoms with van der Waals surface area (Å²) in [6.45, 7) is 18.4. The minimum absolute atomic E-state index is 0.0366. The van der Waals surface area contributed by atoms with Crippen LogP contribution in [0.2, 0.25) is 0 Å². The lowest BCUT2D eigenvalue weighted by molar-refractivity contribution is -0.152. The van der Waals surface area contributed by atoms with Gasteiger partial charge in [-0.15, -0.1) is 0 Å². The van der Waals surface area contributed by atoms with Gasteiger partial charge in [-0.1, -0.05) is 221 Å². The molecule has 7 heteroatoms. The van der Waals surface area contributed by atoms with Crippen molar-refractivity contribution in [3.63, 3.8) is 0 Å². The van der Waals surface area contributed by atoms with Crippen molar-refractivity contribution in [2.45, 2.75) is 273 Å². The van der Waals surface area contributed by atoms with Gasteiger partial charge in [0.2, 0.25) is 5.91 Å². The topological polar surface area (TPSA) is 76.1 Å². The molecule has 0 radical (unpaired) electrons. The van der Waals surface area contributed by atoms with E-state index < -0.39 is 0 Å². The SMILES string of the molecule is CCCCCCCCCC(CCCCCCCCC)C(=O)OCCN(CCOC(=O)C(CCCCCCCCC)CCCCCCCCC)C(=O)CC(C)N(CC)CCC. The molecule has 1 amide bonds. The molecule has 0 aliphatic heterocycles. The summed E-state index contributed by atoms with van der Waals surface area (Å²) in [5.74, 6) is -0.304. The van der Waals surface area contributed by atoms with Gasteiger partial charge in [0.25, 0.3) is 0 Å². The predicted octanol–water partition coefficient (Wildman–Crippen LogP) is 15.2. The first kappa shape index (κ1) is 58.4. The van der Waals surface area contributed by atoms with Gasteiger partial charge in [0.05, 0.1) is 24.9 Å². The van der Waals surface area contributed by atoms with Crippen LogP contribution in [0.15, 0.2) is 0 Å². The third-order valence-corrected chi connectivity index (χ3v) is 12.9. The van der Waals surface area contributed by atoms with E-state index in [2.05, 4.69) is 53.4 Å². The van der Waals surface area contributed by atoms with E-state index in [1.54, 1.807) is 4.90 Å². The van der Waals surface area contributed by atoms with Crippen LogP contribution in [-0.2, 0) is 23.9 Å². The van der Waals surface area contributed by atoms with Crippen molar-refractivity contribution in [3.8, 4) is 0 Å². The van der Waals surface area contributed by atoms with E-state index in [-0.39, 0.29) is 48.9 Å². The zero-order valence-corrected chi connectivity index (χ0v) is 41.5. The van der Waals surface area contributed by atoms with Crippen LogP contribution >= 0.6 is 0 Å². The molecule has 0 heterocycles. The highest BCUT2D eigenvalue weighted by molar-refractivity contribution is 5.77. The highest BCUT2D eigenvalue weighted by Gasteiger charge is 2.24. The Kier molecular flexibility index (Phi) is 42.8. The number of hydrogen-bond donors (Lipinski definition) is 0. The predicted molar refractivity (Wildman–Crippen MR) is 258 cm³/mol. The molecule has 60 heavy (non-hydrogen) atoms. The Morgan fingerprint density at radius 3 is 0.983 bits per heavy atom. The fraction of sp³-hybridized carbons (Fsp3) is 0.943. The monoisotopic (exact) mass is 849 g/mol. The Labute approximate surface area is 374 Å². The zero-order valence-electron chi connectivity index (χ0n) is 41.5. The second kappa shape index (κ2) is 44.0. The molecule has 0 aliphatic rings. The summed E-state index contributed by atoms with van der Waals surface area (Å²) in [7, 11) is 0. The molecule has 0 spiro atoms. The van der Waals surface area contributed by atoms with E-state index in [1.165, 1.54) is 154 Å². The van der Waals surface area contributed by atoms with E-state index in [0.29, 0.717) is 19.5 Å². The van der Waals surface area contributed by atoms with Gasteiger partial charge in [-0.2, -0.15) is 0 Å². The van der Waals surface area contributed by atoms with Crippen molar-refractivity contribution >= 4 is 17.8 Å². The third kappa shape index (κ3) is 33.9. The van der Waals surface area contributed by atoms with Gasteiger partial charge >= 0.3 is 11.9 Å². The van der Waals surface area contributed by atoms with Gasteiger partial charge < -0.3 is 19.3 Å². The molecule has 7 nitrogen and oxygen atoms in total. The molecule has 0 saturated heterocycles. The fourth-order valence-electron chi connectivity index (χ4n) is 8.75. The van der Waals surface area contributed by atoms with Gasteiger partial charge in [-0.3, -0.25) is 14.4 Å². The van der Waals surface area contributed by atoms with Crippen LogP contribution in [0.5, 0.6) is 0 Å². The van der Waals surface area contributed by atoms with Crippen molar-refractivity contribution in [3.05, 3.63) is 0 Å². The molecule has 0 saturated carbocycles. The molecule has 0 aromatic carbocycles. The van der Waals surface area contributed by atoms with Crippen LogP contribution in [0.25, 0.3) is 0 Å². The molecule has 0 aliphatic carbocycles. The molecule has 1 unspecified atom stereocenters. The summed E-state index contributed by atoms with van der Waals surface area (Å²) < 4.78 is 12.0. The standard InChI is InChI=1S/C53H104N2O5/c1-8-14-18-22-26-30-34-38-49(39-35-31-27-23-19-15-9-2)52(57)59-45-43-55(51(56)47-48(7)54(13-6)42-12-5)44-46-60-53(58)50(40-36-32-28-24-20-16-10-3)41-37-33-29-25-21-17-11-4/h48-50H,8-47H2,1-7H3. The Hall–Kier alpha value is -1.63. The minimum atomic E-state index is -0.0992. The van der Waals surface area contributed by atoms with Gasteiger partial charge in [0.1, 0.15) is 13.2 Å². The maximum atomic E-state index is 13.9. The van der Waals surface area contributed by atoms with Crippen molar-refractivity contribution in [1.82, 2.24) is 9.80 Å². The second-order valence-corrected chi connectivity index (χ2v) is 18.4. The molecule has 0 aromatic heterocycles. The number of rotatable bonds is 46. The number of esters is 2. The zero-order chi connectivity index (χ0) is 44.3. The third-order valence-electron chi connectivity index (χ3n) is 12.9. The quantitative estimate of drug-likeness (QED) is 0.0449. The van der Waals surface area contributed by atoms with Gasteiger partial charge in [0, 0.05) is 12.5 Å². The summed E-state index contributed by atoms with van der Waals surface area (Å²) in [5.41, 5.74) is 0. The number of nitrogens with zero attached hydrogens (tertiary/aromatic N) is 2. The molecule has 1 atom stereocenters. The average Bonchev–Trinajstić information content (AvgIpc) is 3.24. The summed E-state index contributed by atoms with van der Waals surface area (Å²) in [4.78, 5) is 45.2. The van der Waals surface area contributed by atoms with Crippen LogP contribution in [0.3, 0.4) is 0 Å². The van der Waals surface area contributed by atoms with Gasteiger partial charge in [0.15, 0.2) is 0 Å². The van der Waals surface area contributed by atoms with Crippen molar-refractivity contribution in [1.29, 1.82) is 0 Å². The van der Waals surface area contributed by atoms with Crippen molar-refractivity contribution in [2.24, 2.45) is 11.8 Å². The number of carbonyl (C=O) groups is 3. The highest BCUT2D eigenvalue weighted by Crippen LogP contribution is 2.23. The number of carbonyl (C=O) groups excluding carboxylic acids is 3.